The Bertz CT molecular complexity index is 697. The van der Waals surface area contributed by atoms with Gasteiger partial charge >= 0.3 is 0 Å². The van der Waals surface area contributed by atoms with Crippen LogP contribution in [-0.4, -0.2) is 31.6 Å². The summed E-state index contributed by atoms with van der Waals surface area (Å²) in [6.45, 7) is 0.884. The van der Waals surface area contributed by atoms with Gasteiger partial charge in [0.2, 0.25) is 0 Å². The number of anilines is 1. The number of hydrogen-bond acceptors (Lipinski definition) is 4. The summed E-state index contributed by atoms with van der Waals surface area (Å²) in [6.07, 6.45) is 3.09. The first-order chi connectivity index (χ1) is 9.65. The van der Waals surface area contributed by atoms with E-state index in [-0.39, 0.29) is 0 Å². The van der Waals surface area contributed by atoms with Gasteiger partial charge in [0, 0.05) is 19.0 Å². The van der Waals surface area contributed by atoms with Crippen molar-refractivity contribution < 1.29 is 9.47 Å². The molecule has 1 aromatic heterocycles. The summed E-state index contributed by atoms with van der Waals surface area (Å²) >= 11 is 8.25. The third-order valence-corrected chi connectivity index (χ3v) is 5.07. The summed E-state index contributed by atoms with van der Waals surface area (Å²) in [5.41, 5.74) is 3.33. The lowest BCUT2D eigenvalue weighted by molar-refractivity contribution is 0.357. The van der Waals surface area contributed by atoms with Crippen molar-refractivity contribution in [1.29, 1.82) is 0 Å². The molecule has 20 heavy (non-hydrogen) atoms. The van der Waals surface area contributed by atoms with E-state index >= 15 is 0 Å². The molecule has 2 heterocycles. The highest BCUT2D eigenvalue weighted by Crippen LogP contribution is 2.51. The number of aryl methyl sites for hydroxylation is 1. The zero-order chi connectivity index (χ0) is 14.4. The molecule has 1 aromatic carbocycles. The topological polar surface area (TPSA) is 35.4 Å². The minimum atomic E-state index is 0.589. The van der Waals surface area contributed by atoms with Gasteiger partial charge in [-0.05, 0) is 18.2 Å². The van der Waals surface area contributed by atoms with Crippen LogP contribution >= 0.6 is 23.4 Å². The number of methoxy groups -OCH3 is 2. The molecule has 1 aliphatic rings. The molecule has 2 aromatic rings. The van der Waals surface area contributed by atoms with Gasteiger partial charge in [0.15, 0.2) is 11.5 Å². The fourth-order valence-electron chi connectivity index (χ4n) is 3.03. The third kappa shape index (κ3) is 1.63. The highest BCUT2D eigenvalue weighted by Gasteiger charge is 2.29. The van der Waals surface area contributed by atoms with Crippen LogP contribution in [0.2, 0.25) is 5.02 Å². The van der Waals surface area contributed by atoms with Crippen molar-refractivity contribution in [3.05, 3.63) is 10.6 Å². The summed E-state index contributed by atoms with van der Waals surface area (Å²) in [5, 5.41) is 6.40. The van der Waals surface area contributed by atoms with Gasteiger partial charge in [-0.15, -0.1) is 11.8 Å². The summed E-state index contributed by atoms with van der Waals surface area (Å²) in [5.74, 6) is 1.29. The Morgan fingerprint density at radius 1 is 1.25 bits per heavy atom. The molecule has 1 aliphatic heterocycles. The van der Waals surface area contributed by atoms with Crippen LogP contribution < -0.4 is 14.8 Å². The maximum atomic E-state index is 6.50. The third-order valence-electron chi connectivity index (χ3n) is 3.81. The molecule has 3 rings (SSSR count). The molecule has 4 nitrogen and oxygen atoms in total. The van der Waals surface area contributed by atoms with E-state index in [1.54, 1.807) is 26.0 Å². The second-order valence-corrected chi connectivity index (χ2v) is 5.88. The van der Waals surface area contributed by atoms with Gasteiger partial charge in [-0.3, -0.25) is 0 Å². The molecule has 0 fully saturated rings. The normalized spacial score (nSPS) is 13.4. The molecule has 0 aliphatic carbocycles. The van der Waals surface area contributed by atoms with E-state index < -0.39 is 0 Å². The van der Waals surface area contributed by atoms with Gasteiger partial charge in [0.05, 0.1) is 30.4 Å². The van der Waals surface area contributed by atoms with Crippen molar-refractivity contribution in [2.24, 2.45) is 7.05 Å². The van der Waals surface area contributed by atoms with E-state index in [1.165, 1.54) is 10.6 Å². The molecule has 0 unspecified atom stereocenters. The van der Waals surface area contributed by atoms with Crippen LogP contribution in [0.4, 0.5) is 5.69 Å². The second kappa shape index (κ2) is 4.97. The number of nitrogens with zero attached hydrogens (tertiary/aromatic N) is 1. The lowest BCUT2D eigenvalue weighted by Crippen LogP contribution is -2.11. The highest BCUT2D eigenvalue weighted by molar-refractivity contribution is 7.98. The smallest absolute Gasteiger partial charge is 0.186 e. The van der Waals surface area contributed by atoms with E-state index in [1.807, 2.05) is 0 Å². The fourth-order valence-corrected chi connectivity index (χ4v) is 4.17. The van der Waals surface area contributed by atoms with E-state index in [0.717, 1.165) is 29.6 Å². The van der Waals surface area contributed by atoms with E-state index in [2.05, 4.69) is 23.2 Å². The lowest BCUT2D eigenvalue weighted by Gasteiger charge is -2.20. The maximum Gasteiger partial charge on any atom is 0.186 e. The number of benzene rings is 1. The van der Waals surface area contributed by atoms with Crippen molar-refractivity contribution >= 4 is 40.0 Å². The molecular weight excluding hydrogens is 296 g/mol. The first-order valence-electron chi connectivity index (χ1n) is 6.38. The predicted molar refractivity (Wildman–Crippen MR) is 85.0 cm³/mol. The molecule has 0 amide bonds. The minimum Gasteiger partial charge on any atom is -0.491 e. The number of rotatable bonds is 3. The fraction of sp³-hybridized carbons (Fsp3) is 0.429. The number of thioether (sulfide) groups is 1. The zero-order valence-electron chi connectivity index (χ0n) is 12.0. The van der Waals surface area contributed by atoms with Gasteiger partial charge in [-0.25, -0.2) is 0 Å². The molecule has 6 heteroatoms. The van der Waals surface area contributed by atoms with Gasteiger partial charge in [-0.2, -0.15) is 0 Å². The van der Waals surface area contributed by atoms with Crippen LogP contribution in [0.15, 0.2) is 5.03 Å². The molecule has 0 bridgehead atoms. The summed E-state index contributed by atoms with van der Waals surface area (Å²) in [4.78, 5) is 0. The summed E-state index contributed by atoms with van der Waals surface area (Å²) in [7, 11) is 5.32. The molecular formula is C14H17ClN2O2S. The average molecular weight is 313 g/mol. The number of ether oxygens (including phenoxy) is 2. The number of nitrogens with one attached hydrogen (secondary N) is 1. The summed E-state index contributed by atoms with van der Waals surface area (Å²) < 4.78 is 13.2. The molecule has 108 valence electrons. The monoisotopic (exact) mass is 312 g/mol. The van der Waals surface area contributed by atoms with Crippen LogP contribution in [0, 0.1) is 0 Å². The molecule has 0 saturated carbocycles. The van der Waals surface area contributed by atoms with Crippen LogP contribution in [0.3, 0.4) is 0 Å². The minimum absolute atomic E-state index is 0.589. The zero-order valence-corrected chi connectivity index (χ0v) is 13.5. The summed E-state index contributed by atoms with van der Waals surface area (Å²) in [6, 6.07) is 0. The van der Waals surface area contributed by atoms with Gasteiger partial charge in [0.25, 0.3) is 0 Å². The van der Waals surface area contributed by atoms with Gasteiger partial charge < -0.3 is 19.4 Å². The van der Waals surface area contributed by atoms with Crippen molar-refractivity contribution in [1.82, 2.24) is 4.57 Å². The number of halogens is 1. The SMILES string of the molecule is COc1c(Cl)c2c3c(c(SC)n(C)c3c1OC)CCN2. The van der Waals surface area contributed by atoms with Gasteiger partial charge in [-0.1, -0.05) is 11.6 Å². The second-order valence-electron chi connectivity index (χ2n) is 4.70. The average Bonchev–Trinajstić information content (AvgIpc) is 2.75. The van der Waals surface area contributed by atoms with Crippen LogP contribution in [0.5, 0.6) is 11.5 Å². The van der Waals surface area contributed by atoms with E-state index in [0.29, 0.717) is 16.5 Å². The Balaban J connectivity index is 2.54. The highest BCUT2D eigenvalue weighted by atomic mass is 35.5. The number of hydrogen-bond donors (Lipinski definition) is 1. The largest absolute Gasteiger partial charge is 0.491 e. The molecule has 1 N–H and O–H groups in total. The van der Waals surface area contributed by atoms with Crippen molar-refractivity contribution in [3.63, 3.8) is 0 Å². The maximum absolute atomic E-state index is 6.50. The molecule has 0 atom stereocenters. The Morgan fingerprint density at radius 2 is 1.95 bits per heavy atom. The standard InChI is InChI=1S/C14H17ClN2O2S/c1-17-11-8-7(14(17)20-4)5-6-16-10(8)9(15)12(18-2)13(11)19-3/h16H,5-6H2,1-4H3. The van der Waals surface area contributed by atoms with Crippen LogP contribution in [-0.2, 0) is 13.5 Å². The quantitative estimate of drug-likeness (QED) is 0.879. The van der Waals surface area contributed by atoms with Crippen molar-refractivity contribution in [2.45, 2.75) is 11.4 Å². The van der Waals surface area contributed by atoms with E-state index in [9.17, 15) is 0 Å². The first kappa shape index (κ1) is 13.8. The number of aromatic nitrogens is 1. The predicted octanol–water partition coefficient (Wildman–Crippen LogP) is 3.54. The van der Waals surface area contributed by atoms with E-state index in [4.69, 9.17) is 21.1 Å². The van der Waals surface area contributed by atoms with Gasteiger partial charge in [0.1, 0.15) is 5.02 Å². The molecule has 0 spiro atoms. The van der Waals surface area contributed by atoms with Crippen molar-refractivity contribution in [3.8, 4) is 11.5 Å². The first-order valence-corrected chi connectivity index (χ1v) is 7.98. The Labute approximate surface area is 127 Å². The Hall–Kier alpha value is -1.20. The van der Waals surface area contributed by atoms with Crippen LogP contribution in [0.25, 0.3) is 10.9 Å². The molecule has 0 radical (unpaired) electrons. The van der Waals surface area contributed by atoms with Crippen molar-refractivity contribution in [2.75, 3.05) is 32.3 Å². The Morgan fingerprint density at radius 3 is 2.55 bits per heavy atom. The van der Waals surface area contributed by atoms with Crippen LogP contribution in [0.1, 0.15) is 5.56 Å². The lowest BCUT2D eigenvalue weighted by atomic mass is 10.0. The molecule has 0 saturated heterocycles. The Kier molecular flexibility index (Phi) is 3.42.